The van der Waals surface area contributed by atoms with Gasteiger partial charge in [0.15, 0.2) is 0 Å². The molecular weight excluding hydrogens is 200 g/mol. The van der Waals surface area contributed by atoms with E-state index in [9.17, 15) is 4.79 Å². The van der Waals surface area contributed by atoms with E-state index in [4.69, 9.17) is 0 Å². The zero-order valence-electron chi connectivity index (χ0n) is 9.44. The second-order valence-electron chi connectivity index (χ2n) is 4.13. The van der Waals surface area contributed by atoms with Crippen LogP contribution in [0.1, 0.15) is 37.7 Å². The zero-order valence-corrected chi connectivity index (χ0v) is 9.44. The Hall–Kier alpha value is -1.64. The molecule has 3 heteroatoms. The molecule has 0 bridgehead atoms. The Labute approximate surface area is 95.6 Å². The molecule has 3 nitrogen and oxygen atoms in total. The summed E-state index contributed by atoms with van der Waals surface area (Å²) >= 11 is 0. The van der Waals surface area contributed by atoms with Crippen molar-refractivity contribution in [1.82, 2.24) is 5.43 Å². The summed E-state index contributed by atoms with van der Waals surface area (Å²) in [6.45, 7) is 1.48. The summed E-state index contributed by atoms with van der Waals surface area (Å²) in [6.07, 6.45) is 3.26. The molecular formula is C13H16N2O. The monoisotopic (exact) mass is 216 g/mol. The van der Waals surface area contributed by atoms with Crippen molar-refractivity contribution in [1.29, 1.82) is 0 Å². The number of hydrogen-bond donors (Lipinski definition) is 1. The quantitative estimate of drug-likeness (QED) is 0.758. The average molecular weight is 216 g/mol. The van der Waals surface area contributed by atoms with Gasteiger partial charge in [-0.1, -0.05) is 30.3 Å². The molecule has 1 N–H and O–H groups in total. The highest BCUT2D eigenvalue weighted by atomic mass is 16.2. The van der Waals surface area contributed by atoms with E-state index < -0.39 is 0 Å². The van der Waals surface area contributed by atoms with Gasteiger partial charge in [0, 0.05) is 18.6 Å². The molecule has 1 aliphatic rings. The van der Waals surface area contributed by atoms with Crippen molar-refractivity contribution in [2.45, 2.75) is 32.1 Å². The first-order valence-electron chi connectivity index (χ1n) is 5.65. The minimum atomic E-state index is -0.105. The smallest absolute Gasteiger partial charge is 0.236 e. The first-order chi connectivity index (χ1) is 7.77. The van der Waals surface area contributed by atoms with E-state index in [1.165, 1.54) is 12.5 Å². The van der Waals surface area contributed by atoms with Crippen molar-refractivity contribution in [3.8, 4) is 0 Å². The van der Waals surface area contributed by atoms with Gasteiger partial charge in [0.05, 0.1) is 0 Å². The Morgan fingerprint density at radius 1 is 1.38 bits per heavy atom. The number of carbonyl (C=O) groups excluding carboxylic acids is 1. The van der Waals surface area contributed by atoms with Crippen molar-refractivity contribution in [3.63, 3.8) is 0 Å². The lowest BCUT2D eigenvalue weighted by molar-refractivity contribution is -0.118. The molecule has 1 saturated carbocycles. The highest BCUT2D eigenvalue weighted by Gasteiger charge is 2.24. The van der Waals surface area contributed by atoms with Crippen LogP contribution in [0.5, 0.6) is 0 Å². The molecule has 84 valence electrons. The molecule has 16 heavy (non-hydrogen) atoms. The topological polar surface area (TPSA) is 41.5 Å². The number of hydrazone groups is 1. The molecule has 1 atom stereocenters. The van der Waals surface area contributed by atoms with E-state index in [1.54, 1.807) is 0 Å². The van der Waals surface area contributed by atoms with Crippen LogP contribution in [0, 0.1) is 0 Å². The summed E-state index contributed by atoms with van der Waals surface area (Å²) in [4.78, 5) is 10.8. The third kappa shape index (κ3) is 2.48. The van der Waals surface area contributed by atoms with E-state index in [0.717, 1.165) is 25.0 Å². The Morgan fingerprint density at radius 3 is 2.81 bits per heavy atom. The minimum Gasteiger partial charge on any atom is -0.274 e. The second kappa shape index (κ2) is 4.92. The van der Waals surface area contributed by atoms with Gasteiger partial charge in [-0.05, 0) is 24.8 Å². The van der Waals surface area contributed by atoms with Crippen LogP contribution < -0.4 is 5.43 Å². The fraction of sp³-hybridized carbons (Fsp3) is 0.385. The van der Waals surface area contributed by atoms with Crippen LogP contribution in [0.2, 0.25) is 0 Å². The molecule has 1 aromatic rings. The third-order valence-electron chi connectivity index (χ3n) is 2.89. The second-order valence-corrected chi connectivity index (χ2v) is 4.13. The standard InChI is InChI=1S/C13H16N2O/c1-10(16)14-15-13-9-5-8-12(13)11-6-3-2-4-7-11/h2-4,6-7,12H,5,8-9H2,1H3,(H,14,16)/b15-13+/t12-/m0/s1. The van der Waals surface area contributed by atoms with Crippen molar-refractivity contribution in [2.75, 3.05) is 0 Å². The molecule has 1 amide bonds. The van der Waals surface area contributed by atoms with Crippen LogP contribution >= 0.6 is 0 Å². The average Bonchev–Trinajstić information content (AvgIpc) is 2.75. The Bertz CT molecular complexity index is 398. The van der Waals surface area contributed by atoms with Gasteiger partial charge in [-0.3, -0.25) is 4.79 Å². The molecule has 0 spiro atoms. The molecule has 0 unspecified atom stereocenters. The first kappa shape index (κ1) is 10.9. The summed E-state index contributed by atoms with van der Waals surface area (Å²) in [6, 6.07) is 10.4. The van der Waals surface area contributed by atoms with Crippen molar-refractivity contribution >= 4 is 11.6 Å². The maximum Gasteiger partial charge on any atom is 0.236 e. The number of benzene rings is 1. The maximum absolute atomic E-state index is 10.8. The summed E-state index contributed by atoms with van der Waals surface area (Å²) in [5.74, 6) is 0.277. The molecule has 0 radical (unpaired) electrons. The predicted molar refractivity (Wildman–Crippen MR) is 64.3 cm³/mol. The van der Waals surface area contributed by atoms with Gasteiger partial charge in [0.1, 0.15) is 0 Å². The molecule has 1 aromatic carbocycles. The lowest BCUT2D eigenvalue weighted by atomic mass is 9.96. The molecule has 0 aliphatic heterocycles. The van der Waals surface area contributed by atoms with Gasteiger partial charge in [0.25, 0.3) is 0 Å². The number of rotatable bonds is 2. The molecule has 0 saturated heterocycles. The van der Waals surface area contributed by atoms with Crippen LogP contribution in [0.15, 0.2) is 35.4 Å². The lowest BCUT2D eigenvalue weighted by Gasteiger charge is -2.11. The maximum atomic E-state index is 10.8. The zero-order chi connectivity index (χ0) is 11.4. The van der Waals surface area contributed by atoms with Gasteiger partial charge in [-0.2, -0.15) is 5.10 Å². The Morgan fingerprint density at radius 2 is 2.12 bits per heavy atom. The van der Waals surface area contributed by atoms with Gasteiger partial charge < -0.3 is 0 Å². The van der Waals surface area contributed by atoms with E-state index in [1.807, 2.05) is 18.2 Å². The van der Waals surface area contributed by atoms with Crippen molar-refractivity contribution in [2.24, 2.45) is 5.10 Å². The number of hydrogen-bond acceptors (Lipinski definition) is 2. The summed E-state index contributed by atoms with van der Waals surface area (Å²) in [5.41, 5.74) is 4.93. The summed E-state index contributed by atoms with van der Waals surface area (Å²) in [7, 11) is 0. The van der Waals surface area contributed by atoms with Crippen molar-refractivity contribution < 1.29 is 4.79 Å². The van der Waals surface area contributed by atoms with Crippen LogP contribution in [-0.4, -0.2) is 11.6 Å². The Kier molecular flexibility index (Phi) is 3.34. The van der Waals surface area contributed by atoms with E-state index in [2.05, 4.69) is 22.7 Å². The molecule has 0 aromatic heterocycles. The number of carbonyl (C=O) groups is 1. The predicted octanol–water partition coefficient (Wildman–Crippen LogP) is 2.45. The molecule has 0 heterocycles. The number of nitrogens with zero attached hydrogens (tertiary/aromatic N) is 1. The minimum absolute atomic E-state index is 0.105. The molecule has 1 fully saturated rings. The normalized spacial score (nSPS) is 22.3. The van der Waals surface area contributed by atoms with Crippen LogP contribution in [0.3, 0.4) is 0 Å². The SMILES string of the molecule is CC(=O)N/N=C1\CCC[C@H]1c1ccccc1. The highest BCUT2D eigenvalue weighted by molar-refractivity contribution is 5.93. The first-order valence-corrected chi connectivity index (χ1v) is 5.65. The fourth-order valence-corrected chi connectivity index (χ4v) is 2.16. The van der Waals surface area contributed by atoms with E-state index in [0.29, 0.717) is 5.92 Å². The van der Waals surface area contributed by atoms with Gasteiger partial charge in [0.2, 0.25) is 5.91 Å². The van der Waals surface area contributed by atoms with Gasteiger partial charge >= 0.3 is 0 Å². The third-order valence-corrected chi connectivity index (χ3v) is 2.89. The molecule has 2 rings (SSSR count). The summed E-state index contributed by atoms with van der Waals surface area (Å²) < 4.78 is 0. The summed E-state index contributed by atoms with van der Waals surface area (Å²) in [5, 5.41) is 4.20. The van der Waals surface area contributed by atoms with E-state index >= 15 is 0 Å². The largest absolute Gasteiger partial charge is 0.274 e. The lowest BCUT2D eigenvalue weighted by Crippen LogP contribution is -2.17. The fourth-order valence-electron chi connectivity index (χ4n) is 2.16. The van der Waals surface area contributed by atoms with Crippen LogP contribution in [-0.2, 0) is 4.79 Å². The highest BCUT2D eigenvalue weighted by Crippen LogP contribution is 2.31. The van der Waals surface area contributed by atoms with Gasteiger partial charge in [-0.15, -0.1) is 0 Å². The van der Waals surface area contributed by atoms with Crippen molar-refractivity contribution in [3.05, 3.63) is 35.9 Å². The van der Waals surface area contributed by atoms with Crippen LogP contribution in [0.25, 0.3) is 0 Å². The Balaban J connectivity index is 2.15. The van der Waals surface area contributed by atoms with Gasteiger partial charge in [-0.25, -0.2) is 5.43 Å². The molecule has 1 aliphatic carbocycles. The van der Waals surface area contributed by atoms with E-state index in [-0.39, 0.29) is 5.91 Å². The number of amides is 1. The van der Waals surface area contributed by atoms with Crippen LogP contribution in [0.4, 0.5) is 0 Å². The number of nitrogens with one attached hydrogen (secondary N) is 1.